The number of carbonyl (C=O) groups excluding carboxylic acids is 2. The largest absolute Gasteiger partial charge is 0.482 e. The molecule has 0 fully saturated rings. The molecule has 0 aliphatic carbocycles. The highest BCUT2D eigenvalue weighted by Crippen LogP contribution is 2.37. The summed E-state index contributed by atoms with van der Waals surface area (Å²) in [6, 6.07) is 20.6. The molecule has 0 atom stereocenters. The van der Waals surface area contributed by atoms with E-state index < -0.39 is 5.97 Å². The van der Waals surface area contributed by atoms with Crippen molar-refractivity contribution in [1.82, 2.24) is 0 Å². The summed E-state index contributed by atoms with van der Waals surface area (Å²) in [6.45, 7) is 3.76. The monoisotopic (exact) mass is 414 g/mol. The topological polar surface area (TPSA) is 61.8 Å². The third-order valence-electron chi connectivity index (χ3n) is 5.02. The van der Waals surface area contributed by atoms with E-state index in [1.807, 2.05) is 68.4 Å². The van der Waals surface area contributed by atoms with Crippen LogP contribution in [0.2, 0.25) is 0 Å². The minimum absolute atomic E-state index is 0.162. The summed E-state index contributed by atoms with van der Waals surface area (Å²) in [4.78, 5) is 24.8. The van der Waals surface area contributed by atoms with Gasteiger partial charge in [-0.3, -0.25) is 4.79 Å². The van der Waals surface area contributed by atoms with Crippen molar-refractivity contribution in [3.63, 3.8) is 0 Å². The number of hydrogen-bond donors (Lipinski definition) is 0. The van der Waals surface area contributed by atoms with Crippen molar-refractivity contribution in [2.24, 2.45) is 0 Å². The van der Waals surface area contributed by atoms with E-state index >= 15 is 0 Å². The average Bonchev–Trinajstić information content (AvgIpc) is 3.08. The molecule has 156 valence electrons. The fraction of sp³-hybridized carbons (Fsp3) is 0.154. The van der Waals surface area contributed by atoms with Crippen molar-refractivity contribution >= 4 is 17.8 Å². The third kappa shape index (κ3) is 4.67. The number of aryl methyl sites for hydroxylation is 2. The number of rotatable bonds is 6. The first-order valence-corrected chi connectivity index (χ1v) is 9.98. The van der Waals surface area contributed by atoms with E-state index in [2.05, 4.69) is 0 Å². The molecule has 0 saturated carbocycles. The lowest BCUT2D eigenvalue weighted by atomic mass is 10.0. The zero-order chi connectivity index (χ0) is 21.8. The summed E-state index contributed by atoms with van der Waals surface area (Å²) < 4.78 is 16.6. The molecule has 0 radical (unpaired) electrons. The molecule has 3 aromatic carbocycles. The fourth-order valence-electron chi connectivity index (χ4n) is 3.37. The number of benzene rings is 3. The predicted octanol–water partition coefficient (Wildman–Crippen LogP) is 5.04. The Labute approximate surface area is 180 Å². The van der Waals surface area contributed by atoms with Crippen molar-refractivity contribution in [2.45, 2.75) is 20.5 Å². The van der Waals surface area contributed by atoms with Crippen LogP contribution in [0.15, 0.2) is 72.5 Å². The minimum atomic E-state index is -0.473. The maximum absolute atomic E-state index is 12.8. The molecule has 5 nitrogen and oxygen atoms in total. The lowest BCUT2D eigenvalue weighted by molar-refractivity contribution is -0.147. The highest BCUT2D eigenvalue weighted by Gasteiger charge is 2.30. The van der Waals surface area contributed by atoms with Crippen molar-refractivity contribution in [1.29, 1.82) is 0 Å². The van der Waals surface area contributed by atoms with E-state index in [4.69, 9.17) is 14.2 Å². The molecule has 4 rings (SSSR count). The van der Waals surface area contributed by atoms with Gasteiger partial charge in [0.2, 0.25) is 5.78 Å². The van der Waals surface area contributed by atoms with Gasteiger partial charge in [-0.05, 0) is 48.2 Å². The fourth-order valence-corrected chi connectivity index (χ4v) is 3.37. The maximum atomic E-state index is 12.8. The Kier molecular flexibility index (Phi) is 5.85. The molecular formula is C26H22O5. The molecular weight excluding hydrogens is 392 g/mol. The summed E-state index contributed by atoms with van der Waals surface area (Å²) in [5, 5.41) is 0. The van der Waals surface area contributed by atoms with E-state index in [-0.39, 0.29) is 24.8 Å². The molecule has 0 amide bonds. The number of carbonyl (C=O) groups is 2. The molecule has 31 heavy (non-hydrogen) atoms. The Bertz CT molecular complexity index is 1160. The van der Waals surface area contributed by atoms with E-state index in [0.717, 1.165) is 22.3 Å². The molecule has 0 bridgehead atoms. The van der Waals surface area contributed by atoms with Gasteiger partial charge >= 0.3 is 5.97 Å². The van der Waals surface area contributed by atoms with Gasteiger partial charge in [0.25, 0.3) is 0 Å². The van der Waals surface area contributed by atoms with Gasteiger partial charge in [-0.2, -0.15) is 0 Å². The summed E-state index contributed by atoms with van der Waals surface area (Å²) in [7, 11) is 0. The first-order valence-electron chi connectivity index (χ1n) is 9.98. The van der Waals surface area contributed by atoms with Gasteiger partial charge in [-0.15, -0.1) is 0 Å². The molecule has 1 aliphatic heterocycles. The number of allylic oxidation sites excluding steroid dienone is 1. The SMILES string of the molecule is Cc1ccccc1/C=C1\Oc2cc(OCC(=O)OCc3ccccc3)cc(C)c2C1=O. The molecule has 3 aromatic rings. The summed E-state index contributed by atoms with van der Waals surface area (Å²) >= 11 is 0. The average molecular weight is 414 g/mol. The molecule has 0 saturated heterocycles. The van der Waals surface area contributed by atoms with Gasteiger partial charge < -0.3 is 14.2 Å². The van der Waals surface area contributed by atoms with Crippen molar-refractivity contribution in [3.8, 4) is 11.5 Å². The smallest absolute Gasteiger partial charge is 0.344 e. The van der Waals surface area contributed by atoms with Crippen LogP contribution in [0.1, 0.15) is 32.6 Å². The summed E-state index contributed by atoms with van der Waals surface area (Å²) in [6.07, 6.45) is 1.75. The second kappa shape index (κ2) is 8.88. The lowest BCUT2D eigenvalue weighted by Gasteiger charge is -2.09. The number of ketones is 1. The van der Waals surface area contributed by atoms with E-state index in [9.17, 15) is 9.59 Å². The van der Waals surface area contributed by atoms with Crippen LogP contribution < -0.4 is 9.47 Å². The van der Waals surface area contributed by atoms with E-state index in [1.54, 1.807) is 18.2 Å². The molecule has 1 aliphatic rings. The van der Waals surface area contributed by atoms with Crippen LogP contribution in [-0.2, 0) is 16.1 Å². The predicted molar refractivity (Wildman–Crippen MR) is 117 cm³/mol. The number of fused-ring (bicyclic) bond motifs is 1. The van der Waals surface area contributed by atoms with Gasteiger partial charge in [0, 0.05) is 6.07 Å². The lowest BCUT2D eigenvalue weighted by Crippen LogP contribution is -2.14. The highest BCUT2D eigenvalue weighted by atomic mass is 16.6. The normalized spacial score (nSPS) is 13.6. The van der Waals surface area contributed by atoms with Crippen molar-refractivity contribution in [3.05, 3.63) is 100 Å². The first kappa shape index (κ1) is 20.4. The van der Waals surface area contributed by atoms with Gasteiger partial charge in [-0.1, -0.05) is 54.6 Å². The highest BCUT2D eigenvalue weighted by molar-refractivity contribution is 6.15. The molecule has 0 aromatic heterocycles. The van der Waals surface area contributed by atoms with Crippen LogP contribution in [-0.4, -0.2) is 18.4 Å². The number of hydrogen-bond acceptors (Lipinski definition) is 5. The Morgan fingerprint density at radius 1 is 0.968 bits per heavy atom. The van der Waals surface area contributed by atoms with Crippen LogP contribution in [0.4, 0.5) is 0 Å². The molecule has 0 unspecified atom stereocenters. The Morgan fingerprint density at radius 2 is 1.71 bits per heavy atom. The standard InChI is InChI=1S/C26H22O5/c1-17-8-6-7-11-20(17)13-23-26(28)25-18(2)12-21(14-22(25)31-23)29-16-24(27)30-15-19-9-4-3-5-10-19/h3-14H,15-16H2,1-2H3/b23-13-. The van der Waals surface area contributed by atoms with Gasteiger partial charge in [0.15, 0.2) is 12.4 Å². The molecule has 0 N–H and O–H groups in total. The number of ether oxygens (including phenoxy) is 3. The Hall–Kier alpha value is -3.86. The Balaban J connectivity index is 1.43. The number of Topliss-reactive ketones (excluding diaryl/α,β-unsaturated/α-hetero) is 1. The van der Waals surface area contributed by atoms with Crippen LogP contribution in [0.25, 0.3) is 6.08 Å². The van der Waals surface area contributed by atoms with E-state index in [0.29, 0.717) is 17.1 Å². The van der Waals surface area contributed by atoms with Gasteiger partial charge in [0.1, 0.15) is 18.1 Å². The molecule has 5 heteroatoms. The van der Waals surface area contributed by atoms with Crippen LogP contribution in [0.5, 0.6) is 11.5 Å². The molecule has 1 heterocycles. The second-order valence-corrected chi connectivity index (χ2v) is 7.34. The summed E-state index contributed by atoms with van der Waals surface area (Å²) in [5.41, 5.74) is 4.12. The summed E-state index contributed by atoms with van der Waals surface area (Å²) in [5.74, 6) is 0.505. The minimum Gasteiger partial charge on any atom is -0.482 e. The van der Waals surface area contributed by atoms with E-state index in [1.165, 1.54) is 0 Å². The van der Waals surface area contributed by atoms with Gasteiger partial charge in [0.05, 0.1) is 5.56 Å². The first-order chi connectivity index (χ1) is 15.0. The third-order valence-corrected chi connectivity index (χ3v) is 5.02. The quantitative estimate of drug-likeness (QED) is 0.418. The number of esters is 1. The molecule has 0 spiro atoms. The van der Waals surface area contributed by atoms with Crippen LogP contribution in [0, 0.1) is 13.8 Å². The Morgan fingerprint density at radius 3 is 2.48 bits per heavy atom. The second-order valence-electron chi connectivity index (χ2n) is 7.34. The van der Waals surface area contributed by atoms with Crippen molar-refractivity contribution in [2.75, 3.05) is 6.61 Å². The van der Waals surface area contributed by atoms with Crippen LogP contribution in [0.3, 0.4) is 0 Å². The zero-order valence-corrected chi connectivity index (χ0v) is 17.4. The maximum Gasteiger partial charge on any atom is 0.344 e. The zero-order valence-electron chi connectivity index (χ0n) is 17.4. The van der Waals surface area contributed by atoms with Gasteiger partial charge in [-0.25, -0.2) is 4.79 Å². The van der Waals surface area contributed by atoms with Crippen molar-refractivity contribution < 1.29 is 23.8 Å². The van der Waals surface area contributed by atoms with Crippen LogP contribution >= 0.6 is 0 Å².